The Hall–Kier alpha value is -2.19. The molecule has 0 radical (unpaired) electrons. The van der Waals surface area contributed by atoms with Crippen molar-refractivity contribution in [3.63, 3.8) is 0 Å². The van der Waals surface area contributed by atoms with Crippen molar-refractivity contribution in [3.8, 4) is 0 Å². The highest BCUT2D eigenvalue weighted by Gasteiger charge is 2.22. The number of aromatic nitrogens is 1. The van der Waals surface area contributed by atoms with Gasteiger partial charge in [-0.05, 0) is 24.6 Å². The van der Waals surface area contributed by atoms with Gasteiger partial charge in [0.15, 0.2) is 0 Å². The van der Waals surface area contributed by atoms with Crippen molar-refractivity contribution in [2.75, 3.05) is 0 Å². The molecule has 0 saturated carbocycles. The van der Waals surface area contributed by atoms with Gasteiger partial charge in [-0.3, -0.25) is 4.98 Å². The van der Waals surface area contributed by atoms with E-state index in [0.717, 1.165) is 22.2 Å². The molecule has 3 rings (SSSR count). The van der Waals surface area contributed by atoms with Crippen LogP contribution in [0.5, 0.6) is 0 Å². The summed E-state index contributed by atoms with van der Waals surface area (Å²) in [7, 11) is 0. The van der Waals surface area contributed by atoms with E-state index in [9.17, 15) is 5.11 Å². The van der Waals surface area contributed by atoms with Crippen LogP contribution in [0.3, 0.4) is 0 Å². The highest BCUT2D eigenvalue weighted by atomic mass is 16.3. The lowest BCUT2D eigenvalue weighted by molar-refractivity contribution is 0.0599. The third kappa shape index (κ3) is 3.47. The van der Waals surface area contributed by atoms with Crippen LogP contribution in [-0.4, -0.2) is 15.7 Å². The third-order valence-corrected chi connectivity index (χ3v) is 3.65. The first-order chi connectivity index (χ1) is 10.1. The van der Waals surface area contributed by atoms with Crippen molar-refractivity contribution in [1.82, 2.24) is 4.98 Å². The molecule has 0 spiro atoms. The summed E-state index contributed by atoms with van der Waals surface area (Å²) in [5.74, 6) is 0. The van der Waals surface area contributed by atoms with Crippen molar-refractivity contribution < 1.29 is 5.11 Å². The van der Waals surface area contributed by atoms with Crippen LogP contribution >= 0.6 is 0 Å². The number of pyridine rings is 1. The van der Waals surface area contributed by atoms with Gasteiger partial charge in [0.25, 0.3) is 0 Å². The maximum atomic E-state index is 10.7. The van der Waals surface area contributed by atoms with Gasteiger partial charge >= 0.3 is 0 Å². The quantitative estimate of drug-likeness (QED) is 0.787. The SMILES string of the molecule is CC(O)(Cc1ccccc1)Cc1ccc2ccccc2n1. The van der Waals surface area contributed by atoms with Crippen LogP contribution in [0.15, 0.2) is 66.7 Å². The van der Waals surface area contributed by atoms with Crippen molar-refractivity contribution in [2.45, 2.75) is 25.4 Å². The zero-order valence-electron chi connectivity index (χ0n) is 12.2. The van der Waals surface area contributed by atoms with Gasteiger partial charge in [0.2, 0.25) is 0 Å². The summed E-state index contributed by atoms with van der Waals surface area (Å²) in [6.45, 7) is 1.87. The van der Waals surface area contributed by atoms with Gasteiger partial charge in [-0.1, -0.05) is 54.6 Å². The maximum Gasteiger partial charge on any atom is 0.0715 e. The Morgan fingerprint density at radius 3 is 2.38 bits per heavy atom. The first-order valence-electron chi connectivity index (χ1n) is 7.23. The minimum Gasteiger partial charge on any atom is -0.389 e. The fourth-order valence-electron chi connectivity index (χ4n) is 2.69. The van der Waals surface area contributed by atoms with Gasteiger partial charge in [-0.2, -0.15) is 0 Å². The second kappa shape index (κ2) is 5.66. The largest absolute Gasteiger partial charge is 0.389 e. The fraction of sp³-hybridized carbons (Fsp3) is 0.211. The first kappa shape index (κ1) is 13.8. The molecule has 0 amide bonds. The Labute approximate surface area is 125 Å². The molecule has 0 aliphatic rings. The number of nitrogens with zero attached hydrogens (tertiary/aromatic N) is 1. The van der Waals surface area contributed by atoms with Crippen molar-refractivity contribution in [2.24, 2.45) is 0 Å². The van der Waals surface area contributed by atoms with E-state index >= 15 is 0 Å². The monoisotopic (exact) mass is 277 g/mol. The minimum absolute atomic E-state index is 0.548. The molecule has 0 aliphatic heterocycles. The molecule has 106 valence electrons. The Balaban J connectivity index is 1.80. The lowest BCUT2D eigenvalue weighted by Crippen LogP contribution is -2.30. The van der Waals surface area contributed by atoms with Crippen LogP contribution in [0.2, 0.25) is 0 Å². The highest BCUT2D eigenvalue weighted by molar-refractivity contribution is 5.78. The Bertz CT molecular complexity index is 735. The molecule has 2 heteroatoms. The van der Waals surface area contributed by atoms with E-state index in [0.29, 0.717) is 12.8 Å². The van der Waals surface area contributed by atoms with Gasteiger partial charge in [-0.15, -0.1) is 0 Å². The molecule has 0 bridgehead atoms. The summed E-state index contributed by atoms with van der Waals surface area (Å²) >= 11 is 0. The molecule has 1 aromatic heterocycles. The number of hydrogen-bond donors (Lipinski definition) is 1. The standard InChI is InChI=1S/C19H19NO/c1-19(21,13-15-7-3-2-4-8-15)14-17-12-11-16-9-5-6-10-18(16)20-17/h2-12,21H,13-14H2,1H3. The van der Waals surface area contributed by atoms with Gasteiger partial charge in [0.05, 0.1) is 11.1 Å². The number of rotatable bonds is 4. The molecule has 1 unspecified atom stereocenters. The molecule has 1 atom stereocenters. The van der Waals surface area contributed by atoms with Crippen LogP contribution < -0.4 is 0 Å². The average Bonchev–Trinajstić information content (AvgIpc) is 2.47. The number of para-hydroxylation sites is 1. The van der Waals surface area contributed by atoms with Crippen molar-refractivity contribution >= 4 is 10.9 Å². The lowest BCUT2D eigenvalue weighted by atomic mass is 9.91. The molecule has 2 aromatic carbocycles. The maximum absolute atomic E-state index is 10.7. The van der Waals surface area contributed by atoms with E-state index in [1.54, 1.807) is 0 Å². The summed E-state index contributed by atoms with van der Waals surface area (Å²) in [6, 6.07) is 22.2. The zero-order chi connectivity index (χ0) is 14.7. The van der Waals surface area contributed by atoms with Crippen LogP contribution in [0.25, 0.3) is 10.9 Å². The van der Waals surface area contributed by atoms with Crippen LogP contribution in [-0.2, 0) is 12.8 Å². The smallest absolute Gasteiger partial charge is 0.0715 e. The normalized spacial score (nSPS) is 14.0. The Morgan fingerprint density at radius 2 is 1.57 bits per heavy atom. The van der Waals surface area contributed by atoms with E-state index in [4.69, 9.17) is 0 Å². The van der Waals surface area contributed by atoms with Crippen molar-refractivity contribution in [3.05, 3.63) is 78.0 Å². The van der Waals surface area contributed by atoms with Crippen LogP contribution in [0.4, 0.5) is 0 Å². The molecule has 1 N–H and O–H groups in total. The summed E-state index contributed by atoms with van der Waals surface area (Å²) in [6.07, 6.45) is 1.18. The minimum atomic E-state index is -0.795. The molecule has 3 aromatic rings. The third-order valence-electron chi connectivity index (χ3n) is 3.65. The second-order valence-electron chi connectivity index (χ2n) is 5.83. The lowest BCUT2D eigenvalue weighted by Gasteiger charge is -2.23. The summed E-state index contributed by atoms with van der Waals surface area (Å²) in [5, 5.41) is 11.8. The van der Waals surface area contributed by atoms with E-state index in [1.807, 2.05) is 67.6 Å². The number of aliphatic hydroxyl groups is 1. The van der Waals surface area contributed by atoms with E-state index in [2.05, 4.69) is 11.1 Å². The predicted octanol–water partition coefficient (Wildman–Crippen LogP) is 3.77. The summed E-state index contributed by atoms with van der Waals surface area (Å²) in [4.78, 5) is 4.64. The number of fused-ring (bicyclic) bond motifs is 1. The Kier molecular flexibility index (Phi) is 3.72. The molecular formula is C19H19NO. The van der Waals surface area contributed by atoms with Gasteiger partial charge < -0.3 is 5.11 Å². The van der Waals surface area contributed by atoms with Gasteiger partial charge in [0.1, 0.15) is 0 Å². The molecule has 0 fully saturated rings. The van der Waals surface area contributed by atoms with Crippen molar-refractivity contribution in [1.29, 1.82) is 0 Å². The first-order valence-corrected chi connectivity index (χ1v) is 7.23. The fourth-order valence-corrected chi connectivity index (χ4v) is 2.69. The predicted molar refractivity (Wildman–Crippen MR) is 86.2 cm³/mol. The molecule has 0 saturated heterocycles. The number of hydrogen-bond acceptors (Lipinski definition) is 2. The zero-order valence-corrected chi connectivity index (χ0v) is 12.2. The van der Waals surface area contributed by atoms with Gasteiger partial charge in [-0.25, -0.2) is 0 Å². The van der Waals surface area contributed by atoms with Crippen LogP contribution in [0, 0.1) is 0 Å². The molecular weight excluding hydrogens is 258 g/mol. The van der Waals surface area contributed by atoms with E-state index in [-0.39, 0.29) is 0 Å². The van der Waals surface area contributed by atoms with Crippen LogP contribution in [0.1, 0.15) is 18.2 Å². The highest BCUT2D eigenvalue weighted by Crippen LogP contribution is 2.20. The van der Waals surface area contributed by atoms with Gasteiger partial charge in [0, 0.05) is 23.9 Å². The Morgan fingerprint density at radius 1 is 0.857 bits per heavy atom. The number of benzene rings is 2. The molecule has 1 heterocycles. The molecule has 21 heavy (non-hydrogen) atoms. The topological polar surface area (TPSA) is 33.1 Å². The van der Waals surface area contributed by atoms with E-state index in [1.165, 1.54) is 0 Å². The second-order valence-corrected chi connectivity index (χ2v) is 5.83. The molecule has 2 nitrogen and oxygen atoms in total. The summed E-state index contributed by atoms with van der Waals surface area (Å²) in [5.41, 5.74) is 2.25. The molecule has 0 aliphatic carbocycles. The average molecular weight is 277 g/mol. The van der Waals surface area contributed by atoms with E-state index < -0.39 is 5.60 Å². The summed E-state index contributed by atoms with van der Waals surface area (Å²) < 4.78 is 0.